The summed E-state index contributed by atoms with van der Waals surface area (Å²) in [4.78, 5) is 14.3. The van der Waals surface area contributed by atoms with Crippen LogP contribution in [0, 0.1) is 5.41 Å². The second-order valence-corrected chi connectivity index (χ2v) is 5.48. The molecule has 0 aromatic heterocycles. The first-order valence-corrected chi connectivity index (χ1v) is 6.39. The molecule has 1 amide bonds. The summed E-state index contributed by atoms with van der Waals surface area (Å²) in [7, 11) is 0. The Hall–Kier alpha value is -0.240. The van der Waals surface area contributed by atoms with Gasteiger partial charge in [-0.15, -0.1) is 11.6 Å². The van der Waals surface area contributed by atoms with E-state index in [1.165, 1.54) is 12.8 Å². The third-order valence-electron chi connectivity index (χ3n) is 3.23. The molecule has 1 heterocycles. The summed E-state index contributed by atoms with van der Waals surface area (Å²) in [6.07, 6.45) is 4.75. The van der Waals surface area contributed by atoms with Crippen molar-refractivity contribution in [3.63, 3.8) is 0 Å². The SMILES string of the molecule is CC1CCCCCN1C(=O)C(C)(C)CCl. The Balaban J connectivity index is 2.71. The third-order valence-corrected chi connectivity index (χ3v) is 3.90. The second-order valence-electron chi connectivity index (χ2n) is 5.21. The fourth-order valence-electron chi connectivity index (χ4n) is 2.02. The molecule has 1 rings (SSSR count). The molecule has 0 aromatic carbocycles. The van der Waals surface area contributed by atoms with Gasteiger partial charge in [0.25, 0.3) is 0 Å². The molecule has 1 saturated heterocycles. The lowest BCUT2D eigenvalue weighted by Gasteiger charge is -2.34. The molecule has 15 heavy (non-hydrogen) atoms. The van der Waals surface area contributed by atoms with E-state index in [-0.39, 0.29) is 5.91 Å². The molecule has 0 aromatic rings. The number of rotatable bonds is 2. The Bertz CT molecular complexity index is 228. The Kier molecular flexibility index (Phi) is 4.45. The molecule has 2 nitrogen and oxygen atoms in total. The predicted molar refractivity (Wildman–Crippen MR) is 64.1 cm³/mol. The maximum Gasteiger partial charge on any atom is 0.229 e. The first-order chi connectivity index (χ1) is 6.99. The number of amides is 1. The molecule has 3 heteroatoms. The molecular formula is C12H22ClNO. The van der Waals surface area contributed by atoms with Crippen LogP contribution in [0.15, 0.2) is 0 Å². The van der Waals surface area contributed by atoms with Crippen molar-refractivity contribution in [2.75, 3.05) is 12.4 Å². The zero-order chi connectivity index (χ0) is 11.5. The minimum absolute atomic E-state index is 0.215. The highest BCUT2D eigenvalue weighted by Crippen LogP contribution is 2.25. The Morgan fingerprint density at radius 3 is 2.67 bits per heavy atom. The largest absolute Gasteiger partial charge is 0.339 e. The minimum atomic E-state index is -0.417. The van der Waals surface area contributed by atoms with Gasteiger partial charge in [0, 0.05) is 18.5 Å². The number of hydrogen-bond donors (Lipinski definition) is 0. The van der Waals surface area contributed by atoms with Crippen LogP contribution < -0.4 is 0 Å². The summed E-state index contributed by atoms with van der Waals surface area (Å²) < 4.78 is 0. The van der Waals surface area contributed by atoms with Gasteiger partial charge in [0.15, 0.2) is 0 Å². The van der Waals surface area contributed by atoms with E-state index in [1.807, 2.05) is 18.7 Å². The van der Waals surface area contributed by atoms with Crippen LogP contribution in [0.3, 0.4) is 0 Å². The van der Waals surface area contributed by atoms with E-state index >= 15 is 0 Å². The van der Waals surface area contributed by atoms with E-state index in [4.69, 9.17) is 11.6 Å². The Morgan fingerprint density at radius 1 is 1.40 bits per heavy atom. The highest BCUT2D eigenvalue weighted by Gasteiger charge is 2.33. The molecule has 0 radical (unpaired) electrons. The maximum atomic E-state index is 12.3. The average Bonchev–Trinajstić information content (AvgIpc) is 2.41. The lowest BCUT2D eigenvalue weighted by atomic mass is 9.93. The molecule has 0 saturated carbocycles. The van der Waals surface area contributed by atoms with Gasteiger partial charge in [0.2, 0.25) is 5.91 Å². The Morgan fingerprint density at radius 2 is 2.07 bits per heavy atom. The van der Waals surface area contributed by atoms with Gasteiger partial charge in [-0.05, 0) is 33.6 Å². The van der Waals surface area contributed by atoms with Crippen LogP contribution >= 0.6 is 11.6 Å². The van der Waals surface area contributed by atoms with E-state index < -0.39 is 5.41 Å². The number of alkyl halides is 1. The van der Waals surface area contributed by atoms with E-state index in [0.717, 1.165) is 19.4 Å². The van der Waals surface area contributed by atoms with E-state index in [2.05, 4.69) is 6.92 Å². The first-order valence-electron chi connectivity index (χ1n) is 5.86. The first kappa shape index (κ1) is 12.8. The van der Waals surface area contributed by atoms with Gasteiger partial charge in [-0.2, -0.15) is 0 Å². The molecule has 1 aliphatic heterocycles. The summed E-state index contributed by atoms with van der Waals surface area (Å²) in [5.41, 5.74) is -0.417. The smallest absolute Gasteiger partial charge is 0.229 e. The van der Waals surface area contributed by atoms with Crippen molar-refractivity contribution in [1.29, 1.82) is 0 Å². The monoisotopic (exact) mass is 231 g/mol. The lowest BCUT2D eigenvalue weighted by molar-refractivity contribution is -0.141. The number of hydrogen-bond acceptors (Lipinski definition) is 1. The van der Waals surface area contributed by atoms with Crippen molar-refractivity contribution >= 4 is 17.5 Å². The fraction of sp³-hybridized carbons (Fsp3) is 0.917. The predicted octanol–water partition coefficient (Wildman–Crippen LogP) is 3.04. The van der Waals surface area contributed by atoms with Gasteiger partial charge in [-0.3, -0.25) is 4.79 Å². The summed E-state index contributed by atoms with van der Waals surface area (Å²) >= 11 is 5.85. The quantitative estimate of drug-likeness (QED) is 0.669. The van der Waals surface area contributed by atoms with Gasteiger partial charge in [0.1, 0.15) is 0 Å². The number of likely N-dealkylation sites (tertiary alicyclic amines) is 1. The number of carbonyl (C=O) groups excluding carboxylic acids is 1. The van der Waals surface area contributed by atoms with Crippen molar-refractivity contribution < 1.29 is 4.79 Å². The van der Waals surface area contributed by atoms with E-state index in [0.29, 0.717) is 11.9 Å². The van der Waals surface area contributed by atoms with Crippen LogP contribution in [0.1, 0.15) is 46.5 Å². The molecular weight excluding hydrogens is 210 g/mol. The molecule has 0 aliphatic carbocycles. The molecule has 0 N–H and O–H groups in total. The fourth-order valence-corrected chi connectivity index (χ4v) is 2.14. The van der Waals surface area contributed by atoms with Crippen molar-refractivity contribution in [2.45, 2.75) is 52.5 Å². The van der Waals surface area contributed by atoms with E-state index in [1.54, 1.807) is 0 Å². The molecule has 1 unspecified atom stereocenters. The van der Waals surface area contributed by atoms with Crippen LogP contribution in [-0.4, -0.2) is 29.3 Å². The highest BCUT2D eigenvalue weighted by molar-refractivity contribution is 6.19. The molecule has 0 bridgehead atoms. The van der Waals surface area contributed by atoms with Gasteiger partial charge in [0.05, 0.1) is 5.41 Å². The van der Waals surface area contributed by atoms with Crippen LogP contribution in [0.2, 0.25) is 0 Å². The molecule has 1 aliphatic rings. The number of carbonyl (C=O) groups is 1. The zero-order valence-electron chi connectivity index (χ0n) is 10.1. The van der Waals surface area contributed by atoms with E-state index in [9.17, 15) is 4.79 Å². The van der Waals surface area contributed by atoms with Crippen molar-refractivity contribution in [2.24, 2.45) is 5.41 Å². The topological polar surface area (TPSA) is 20.3 Å². The number of nitrogens with zero attached hydrogens (tertiary/aromatic N) is 1. The number of halogens is 1. The average molecular weight is 232 g/mol. The third kappa shape index (κ3) is 3.10. The van der Waals surface area contributed by atoms with Crippen LogP contribution in [0.5, 0.6) is 0 Å². The van der Waals surface area contributed by atoms with Crippen LogP contribution in [0.4, 0.5) is 0 Å². The van der Waals surface area contributed by atoms with Gasteiger partial charge in [-0.1, -0.05) is 12.8 Å². The normalized spacial score (nSPS) is 23.7. The van der Waals surface area contributed by atoms with Crippen molar-refractivity contribution in [3.8, 4) is 0 Å². The lowest BCUT2D eigenvalue weighted by Crippen LogP contribution is -2.46. The second kappa shape index (κ2) is 5.20. The Labute approximate surface area is 98.0 Å². The highest BCUT2D eigenvalue weighted by atomic mass is 35.5. The maximum absolute atomic E-state index is 12.3. The minimum Gasteiger partial charge on any atom is -0.339 e. The van der Waals surface area contributed by atoms with Crippen LogP contribution in [-0.2, 0) is 4.79 Å². The molecule has 1 atom stereocenters. The molecule has 88 valence electrons. The summed E-state index contributed by atoms with van der Waals surface area (Å²) in [5, 5.41) is 0. The standard InChI is InChI=1S/C12H22ClNO/c1-10-7-5-4-6-8-14(10)11(15)12(2,3)9-13/h10H,4-9H2,1-3H3. The van der Waals surface area contributed by atoms with Crippen molar-refractivity contribution in [1.82, 2.24) is 4.90 Å². The van der Waals surface area contributed by atoms with Crippen molar-refractivity contribution in [3.05, 3.63) is 0 Å². The summed E-state index contributed by atoms with van der Waals surface area (Å²) in [6.45, 7) is 6.91. The zero-order valence-corrected chi connectivity index (χ0v) is 10.8. The van der Waals surface area contributed by atoms with Crippen LogP contribution in [0.25, 0.3) is 0 Å². The van der Waals surface area contributed by atoms with Gasteiger partial charge in [-0.25, -0.2) is 0 Å². The summed E-state index contributed by atoms with van der Waals surface area (Å²) in [5.74, 6) is 0.613. The van der Waals surface area contributed by atoms with Gasteiger partial charge >= 0.3 is 0 Å². The molecule has 0 spiro atoms. The molecule has 1 fully saturated rings. The summed E-state index contributed by atoms with van der Waals surface area (Å²) in [6, 6.07) is 0.377. The van der Waals surface area contributed by atoms with Gasteiger partial charge < -0.3 is 4.90 Å².